The summed E-state index contributed by atoms with van der Waals surface area (Å²) in [4.78, 5) is 16.8. The van der Waals surface area contributed by atoms with Crippen LogP contribution >= 0.6 is 0 Å². The van der Waals surface area contributed by atoms with E-state index in [9.17, 15) is 4.79 Å². The maximum Gasteiger partial charge on any atom is 0.224 e. The average Bonchev–Trinajstić information content (AvgIpc) is 3.09. The van der Waals surface area contributed by atoms with Crippen LogP contribution in [-0.2, 0) is 17.6 Å². The number of fused-ring (bicyclic) bond motifs is 1. The first-order valence-electron chi connectivity index (χ1n) is 8.62. The third-order valence-electron chi connectivity index (χ3n) is 4.21. The summed E-state index contributed by atoms with van der Waals surface area (Å²) in [6.07, 6.45) is 4.82. The molecule has 1 aromatic carbocycles. The Morgan fingerprint density at radius 3 is 2.48 bits per heavy atom. The number of carbonyl (C=O) groups is 1. The molecule has 2 heterocycles. The maximum atomic E-state index is 12.3. The van der Waals surface area contributed by atoms with E-state index in [1.807, 2.05) is 35.0 Å². The molecule has 7 nitrogen and oxygen atoms in total. The van der Waals surface area contributed by atoms with Crippen LogP contribution in [0.3, 0.4) is 0 Å². The van der Waals surface area contributed by atoms with Crippen LogP contribution in [0.5, 0.6) is 17.2 Å². The summed E-state index contributed by atoms with van der Waals surface area (Å²) in [6.45, 7) is 0.521. The van der Waals surface area contributed by atoms with Gasteiger partial charge >= 0.3 is 0 Å². The van der Waals surface area contributed by atoms with Gasteiger partial charge in [-0.05, 0) is 29.8 Å². The Balaban J connectivity index is 1.58. The summed E-state index contributed by atoms with van der Waals surface area (Å²) >= 11 is 0. The van der Waals surface area contributed by atoms with Crippen LogP contribution in [0.1, 0.15) is 11.3 Å². The predicted octanol–water partition coefficient (Wildman–Crippen LogP) is 2.26. The second-order valence-electron chi connectivity index (χ2n) is 6.01. The van der Waals surface area contributed by atoms with Crippen molar-refractivity contribution in [2.75, 3.05) is 27.9 Å². The molecule has 2 aromatic heterocycles. The number of ether oxygens (including phenoxy) is 3. The highest BCUT2D eigenvalue weighted by Gasteiger charge is 2.15. The third kappa shape index (κ3) is 4.31. The van der Waals surface area contributed by atoms with Crippen molar-refractivity contribution in [3.8, 4) is 17.2 Å². The van der Waals surface area contributed by atoms with Crippen LogP contribution in [-0.4, -0.2) is 43.2 Å². The number of nitrogens with one attached hydrogen (secondary N) is 1. The monoisotopic (exact) mass is 369 g/mol. The summed E-state index contributed by atoms with van der Waals surface area (Å²) in [5.41, 5.74) is 2.63. The fourth-order valence-corrected chi connectivity index (χ4v) is 2.92. The Kier molecular flexibility index (Phi) is 5.80. The molecule has 3 rings (SSSR count). The Hall–Kier alpha value is -3.22. The van der Waals surface area contributed by atoms with Gasteiger partial charge in [0.2, 0.25) is 11.7 Å². The number of pyridine rings is 1. The fraction of sp³-hybridized carbons (Fsp3) is 0.300. The molecule has 0 saturated heterocycles. The molecule has 0 bridgehead atoms. The lowest BCUT2D eigenvalue weighted by Crippen LogP contribution is -2.27. The molecule has 0 spiro atoms. The molecule has 0 aliphatic rings. The van der Waals surface area contributed by atoms with E-state index >= 15 is 0 Å². The average molecular weight is 369 g/mol. The standard InChI is InChI=1S/C20H23N3O4/c1-25-16-10-14(11-17(26-2)20(16)27-3)12-19(24)21-8-7-15-13-23-9-5-4-6-18(23)22-15/h4-6,9-11,13H,7-8,12H2,1-3H3,(H,21,24). The van der Waals surface area contributed by atoms with Crippen molar-refractivity contribution in [2.45, 2.75) is 12.8 Å². The van der Waals surface area contributed by atoms with E-state index in [0.29, 0.717) is 30.2 Å². The van der Waals surface area contributed by atoms with Crippen molar-refractivity contribution in [3.05, 3.63) is 54.0 Å². The molecule has 0 fully saturated rings. The number of hydrogen-bond donors (Lipinski definition) is 1. The molecule has 0 radical (unpaired) electrons. The van der Waals surface area contributed by atoms with Crippen LogP contribution in [0.15, 0.2) is 42.7 Å². The first-order valence-corrected chi connectivity index (χ1v) is 8.62. The molecule has 7 heteroatoms. The summed E-state index contributed by atoms with van der Waals surface area (Å²) in [5.74, 6) is 1.50. The predicted molar refractivity (Wildman–Crippen MR) is 102 cm³/mol. The minimum atomic E-state index is -0.0759. The highest BCUT2D eigenvalue weighted by molar-refractivity contribution is 5.79. The molecule has 0 unspecified atom stereocenters. The van der Waals surface area contributed by atoms with Crippen molar-refractivity contribution in [1.82, 2.24) is 14.7 Å². The molecule has 142 valence electrons. The van der Waals surface area contributed by atoms with Gasteiger partial charge in [-0.25, -0.2) is 4.98 Å². The van der Waals surface area contributed by atoms with Crippen molar-refractivity contribution in [1.29, 1.82) is 0 Å². The van der Waals surface area contributed by atoms with Crippen molar-refractivity contribution >= 4 is 11.6 Å². The van der Waals surface area contributed by atoms with Gasteiger partial charge in [-0.2, -0.15) is 0 Å². The Morgan fingerprint density at radius 1 is 1.11 bits per heavy atom. The number of rotatable bonds is 8. The van der Waals surface area contributed by atoms with Gasteiger partial charge in [0, 0.05) is 25.4 Å². The largest absolute Gasteiger partial charge is 0.493 e. The fourth-order valence-electron chi connectivity index (χ4n) is 2.92. The van der Waals surface area contributed by atoms with E-state index in [0.717, 1.165) is 16.9 Å². The van der Waals surface area contributed by atoms with Crippen LogP contribution in [0, 0.1) is 0 Å². The number of nitrogens with zero attached hydrogens (tertiary/aromatic N) is 2. The molecule has 3 aromatic rings. The number of carbonyl (C=O) groups excluding carboxylic acids is 1. The normalized spacial score (nSPS) is 10.6. The highest BCUT2D eigenvalue weighted by atomic mass is 16.5. The zero-order chi connectivity index (χ0) is 19.2. The van der Waals surface area contributed by atoms with Crippen LogP contribution < -0.4 is 19.5 Å². The van der Waals surface area contributed by atoms with Crippen LogP contribution in [0.4, 0.5) is 0 Å². The topological polar surface area (TPSA) is 74.1 Å². The first kappa shape index (κ1) is 18.6. The molecule has 1 N–H and O–H groups in total. The Bertz CT molecular complexity index is 878. The number of amides is 1. The second kappa shape index (κ2) is 8.44. The van der Waals surface area contributed by atoms with Gasteiger partial charge in [-0.15, -0.1) is 0 Å². The van der Waals surface area contributed by atoms with E-state index in [1.165, 1.54) is 0 Å². The summed E-state index contributed by atoms with van der Waals surface area (Å²) in [6, 6.07) is 9.42. The van der Waals surface area contributed by atoms with Gasteiger partial charge in [0.25, 0.3) is 0 Å². The number of methoxy groups -OCH3 is 3. The summed E-state index contributed by atoms with van der Waals surface area (Å²) in [5, 5.41) is 2.93. The Labute approximate surface area is 157 Å². The molecule has 0 aliphatic heterocycles. The molecule has 0 aliphatic carbocycles. The third-order valence-corrected chi connectivity index (χ3v) is 4.21. The number of hydrogen-bond acceptors (Lipinski definition) is 5. The molecule has 0 saturated carbocycles. The minimum Gasteiger partial charge on any atom is -0.493 e. The van der Waals surface area contributed by atoms with Crippen molar-refractivity contribution < 1.29 is 19.0 Å². The minimum absolute atomic E-state index is 0.0759. The van der Waals surface area contributed by atoms with Gasteiger partial charge in [0.15, 0.2) is 11.5 Å². The lowest BCUT2D eigenvalue weighted by Gasteiger charge is -2.14. The molecule has 0 atom stereocenters. The smallest absolute Gasteiger partial charge is 0.224 e. The van der Waals surface area contributed by atoms with E-state index in [-0.39, 0.29) is 12.3 Å². The second-order valence-corrected chi connectivity index (χ2v) is 6.01. The quantitative estimate of drug-likeness (QED) is 0.659. The van der Waals surface area contributed by atoms with Crippen molar-refractivity contribution in [2.24, 2.45) is 0 Å². The molecule has 27 heavy (non-hydrogen) atoms. The van der Waals surface area contributed by atoms with E-state index in [1.54, 1.807) is 33.5 Å². The van der Waals surface area contributed by atoms with Crippen LogP contribution in [0.2, 0.25) is 0 Å². The molecular formula is C20H23N3O4. The van der Waals surface area contributed by atoms with Gasteiger partial charge in [-0.3, -0.25) is 4.79 Å². The van der Waals surface area contributed by atoms with Crippen molar-refractivity contribution in [3.63, 3.8) is 0 Å². The lowest BCUT2D eigenvalue weighted by molar-refractivity contribution is -0.120. The van der Waals surface area contributed by atoms with Gasteiger partial charge in [0.05, 0.1) is 33.4 Å². The number of imidazole rings is 1. The zero-order valence-corrected chi connectivity index (χ0v) is 15.7. The van der Waals surface area contributed by atoms with E-state index in [4.69, 9.17) is 14.2 Å². The molecule has 1 amide bonds. The van der Waals surface area contributed by atoms with Crippen LogP contribution in [0.25, 0.3) is 5.65 Å². The summed E-state index contributed by atoms with van der Waals surface area (Å²) in [7, 11) is 4.65. The van der Waals surface area contributed by atoms with Gasteiger partial charge in [-0.1, -0.05) is 6.07 Å². The van der Waals surface area contributed by atoms with E-state index in [2.05, 4.69) is 10.3 Å². The van der Waals surface area contributed by atoms with Gasteiger partial charge in [0.1, 0.15) is 5.65 Å². The van der Waals surface area contributed by atoms with E-state index < -0.39 is 0 Å². The first-order chi connectivity index (χ1) is 13.1. The number of aromatic nitrogens is 2. The zero-order valence-electron chi connectivity index (χ0n) is 15.7. The maximum absolute atomic E-state index is 12.3. The summed E-state index contributed by atoms with van der Waals surface area (Å²) < 4.78 is 17.9. The van der Waals surface area contributed by atoms with Gasteiger partial charge < -0.3 is 23.9 Å². The number of benzene rings is 1. The SMILES string of the molecule is COc1cc(CC(=O)NCCc2cn3ccccc3n2)cc(OC)c1OC. The molecular weight excluding hydrogens is 346 g/mol. The Morgan fingerprint density at radius 2 is 1.85 bits per heavy atom. The highest BCUT2D eigenvalue weighted by Crippen LogP contribution is 2.38. The lowest BCUT2D eigenvalue weighted by atomic mass is 10.1.